The molecule has 0 bridgehead atoms. The summed E-state index contributed by atoms with van der Waals surface area (Å²) in [6.45, 7) is 4.56. The zero-order chi connectivity index (χ0) is 30.8. The van der Waals surface area contributed by atoms with Crippen LogP contribution in [0.5, 0.6) is 0 Å². The van der Waals surface area contributed by atoms with E-state index in [0.717, 1.165) is 38.5 Å². The van der Waals surface area contributed by atoms with Gasteiger partial charge in [-0.25, -0.2) is 0 Å². The molecule has 0 aliphatic carbocycles. The molecule has 6 heteroatoms. The van der Waals surface area contributed by atoms with Crippen LogP contribution in [0.15, 0.2) is 0 Å². The zero-order valence-corrected chi connectivity index (χ0v) is 29.7. The van der Waals surface area contributed by atoms with Crippen LogP contribution >= 0.6 is 8.25 Å². The third-order valence-electron chi connectivity index (χ3n) is 8.68. The molecule has 0 aliphatic heterocycles. The minimum absolute atomic E-state index is 0.517. The van der Waals surface area contributed by atoms with Crippen molar-refractivity contribution in [2.75, 3.05) is 0 Å². The van der Waals surface area contributed by atoms with Gasteiger partial charge in [0.15, 0.2) is 0 Å². The number of nitrogens with two attached hydrogens (primary N) is 2. The molecule has 0 aromatic heterocycles. The van der Waals surface area contributed by atoms with E-state index in [0.29, 0.717) is 0 Å². The minimum atomic E-state index is -2.63. The summed E-state index contributed by atoms with van der Waals surface area (Å²) in [7, 11) is -2.63. The Morgan fingerprint density at radius 2 is 0.571 bits per heavy atom. The summed E-state index contributed by atoms with van der Waals surface area (Å²) < 4.78 is 22.9. The lowest BCUT2D eigenvalue weighted by Crippen LogP contribution is -2.24. The first-order valence-electron chi connectivity index (χ1n) is 19.0. The minimum Gasteiger partial charge on any atom is -0.306 e. The molecular weight excluding hydrogens is 539 g/mol. The van der Waals surface area contributed by atoms with Crippen molar-refractivity contribution in [2.45, 2.75) is 232 Å². The van der Waals surface area contributed by atoms with Crippen molar-refractivity contribution in [1.29, 1.82) is 0 Å². The lowest BCUT2D eigenvalue weighted by Gasteiger charge is -2.16. The second-order valence-corrected chi connectivity index (χ2v) is 14.0. The van der Waals surface area contributed by atoms with Gasteiger partial charge < -0.3 is 11.5 Å². The Morgan fingerprint density at radius 3 is 0.786 bits per heavy atom. The van der Waals surface area contributed by atoms with Crippen LogP contribution in [-0.4, -0.2) is 12.5 Å². The highest BCUT2D eigenvalue weighted by atomic mass is 31.1. The summed E-state index contributed by atoms with van der Waals surface area (Å²) in [6, 6.07) is 0. The molecule has 0 saturated carbocycles. The zero-order valence-electron chi connectivity index (χ0n) is 28.7. The summed E-state index contributed by atoms with van der Waals surface area (Å²) >= 11 is 0. The van der Waals surface area contributed by atoms with Crippen molar-refractivity contribution in [3.05, 3.63) is 0 Å². The molecule has 0 radical (unpaired) electrons. The molecule has 0 aromatic rings. The predicted octanol–water partition coefficient (Wildman–Crippen LogP) is 12.5. The highest BCUT2D eigenvalue weighted by Crippen LogP contribution is 2.28. The van der Waals surface area contributed by atoms with Gasteiger partial charge in [0.2, 0.25) is 0 Å². The Balaban J connectivity index is 3.38. The normalized spacial score (nSPS) is 13.9. The summed E-state index contributed by atoms with van der Waals surface area (Å²) in [5, 5.41) is 0. The summed E-state index contributed by atoms with van der Waals surface area (Å²) in [5.41, 5.74) is 12.0. The largest absolute Gasteiger partial charge is 0.322 e. The number of hydrogen-bond donors (Lipinski definition) is 2. The van der Waals surface area contributed by atoms with E-state index in [1.807, 2.05) is 0 Å². The van der Waals surface area contributed by atoms with Crippen LogP contribution in [0.25, 0.3) is 0 Å². The topological polar surface area (TPSA) is 87.6 Å². The predicted molar refractivity (Wildman–Crippen MR) is 186 cm³/mol. The Kier molecular flexibility index (Phi) is 35.6. The second-order valence-electron chi connectivity index (χ2n) is 13.0. The van der Waals surface area contributed by atoms with Gasteiger partial charge in [-0.3, -0.25) is 13.6 Å². The van der Waals surface area contributed by atoms with E-state index in [1.165, 1.54) is 167 Å². The molecule has 4 N–H and O–H groups in total. The summed E-state index contributed by atoms with van der Waals surface area (Å²) in [5.74, 6) is 0. The third kappa shape index (κ3) is 34.6. The molecule has 2 atom stereocenters. The van der Waals surface area contributed by atoms with E-state index >= 15 is 0 Å². The summed E-state index contributed by atoms with van der Waals surface area (Å²) in [4.78, 5) is 0. The van der Waals surface area contributed by atoms with Crippen LogP contribution in [0.2, 0.25) is 0 Å². The molecule has 0 fully saturated rings. The van der Waals surface area contributed by atoms with E-state index in [4.69, 9.17) is 20.5 Å². The first-order chi connectivity index (χ1) is 20.6. The third-order valence-corrected chi connectivity index (χ3v) is 9.67. The molecule has 0 heterocycles. The van der Waals surface area contributed by atoms with Gasteiger partial charge in [-0.05, 0) is 25.7 Å². The van der Waals surface area contributed by atoms with Crippen molar-refractivity contribution in [3.63, 3.8) is 0 Å². The van der Waals surface area contributed by atoms with Crippen LogP contribution in [0.4, 0.5) is 0 Å². The molecule has 0 aliphatic rings. The van der Waals surface area contributed by atoms with Crippen LogP contribution in [0.3, 0.4) is 0 Å². The maximum Gasteiger partial charge on any atom is 0.322 e. The fraction of sp³-hybridized carbons (Fsp3) is 1.00. The van der Waals surface area contributed by atoms with Gasteiger partial charge in [0.25, 0.3) is 0 Å². The molecular formula is C36H77N2O3P. The van der Waals surface area contributed by atoms with Gasteiger partial charge >= 0.3 is 8.25 Å². The number of rotatable bonds is 36. The Labute approximate surface area is 264 Å². The maximum atomic E-state index is 12.2. The van der Waals surface area contributed by atoms with Gasteiger partial charge in [0.1, 0.15) is 12.5 Å². The van der Waals surface area contributed by atoms with Crippen LogP contribution in [-0.2, 0) is 13.6 Å². The first kappa shape index (κ1) is 42.1. The van der Waals surface area contributed by atoms with E-state index in [9.17, 15) is 4.57 Å². The Bertz CT molecular complexity index is 494. The van der Waals surface area contributed by atoms with Crippen LogP contribution in [0, 0.1) is 0 Å². The quantitative estimate of drug-likeness (QED) is 0.0415. The van der Waals surface area contributed by atoms with E-state index in [1.54, 1.807) is 0 Å². The molecule has 42 heavy (non-hydrogen) atoms. The van der Waals surface area contributed by atoms with Crippen molar-refractivity contribution >= 4 is 8.25 Å². The van der Waals surface area contributed by atoms with Gasteiger partial charge in [-0.15, -0.1) is 0 Å². The molecule has 0 spiro atoms. The molecule has 0 saturated heterocycles. The Morgan fingerprint density at radius 1 is 0.381 bits per heavy atom. The van der Waals surface area contributed by atoms with Crippen molar-refractivity contribution in [2.24, 2.45) is 11.5 Å². The lowest BCUT2D eigenvalue weighted by molar-refractivity contribution is 0.123. The number of unbranched alkanes of at least 4 members (excludes halogenated alkanes) is 28. The first-order valence-corrected chi connectivity index (χ1v) is 20.2. The standard InChI is InChI=1S/C36H77N2O3P/c1-3-5-7-9-11-13-15-17-19-21-23-25-27-29-31-33-35(37)40-42(39)41-36(38)34-32-30-28-26-24-22-20-18-16-14-12-10-8-6-4-2/h35-36,42H,3-34,37-38H2,1-2H3. The van der Waals surface area contributed by atoms with Gasteiger partial charge in [0.05, 0.1) is 0 Å². The lowest BCUT2D eigenvalue weighted by atomic mass is 10.0. The molecule has 0 amide bonds. The van der Waals surface area contributed by atoms with Crippen molar-refractivity contribution in [3.8, 4) is 0 Å². The molecule has 0 rings (SSSR count). The van der Waals surface area contributed by atoms with Crippen LogP contribution in [0.1, 0.15) is 219 Å². The fourth-order valence-corrected chi connectivity index (χ4v) is 6.61. The number of hydrogen-bond acceptors (Lipinski definition) is 5. The van der Waals surface area contributed by atoms with E-state index < -0.39 is 20.7 Å². The molecule has 254 valence electrons. The monoisotopic (exact) mass is 617 g/mol. The molecule has 2 unspecified atom stereocenters. The average molecular weight is 617 g/mol. The fourth-order valence-electron chi connectivity index (χ4n) is 5.83. The average Bonchev–Trinajstić information content (AvgIpc) is 2.97. The maximum absolute atomic E-state index is 12.2. The van der Waals surface area contributed by atoms with Crippen LogP contribution < -0.4 is 11.5 Å². The van der Waals surface area contributed by atoms with E-state index in [-0.39, 0.29) is 0 Å². The second kappa shape index (κ2) is 35.5. The smallest absolute Gasteiger partial charge is 0.306 e. The highest BCUT2D eigenvalue weighted by molar-refractivity contribution is 7.33. The summed E-state index contributed by atoms with van der Waals surface area (Å²) in [6.07, 6.45) is 40.7. The van der Waals surface area contributed by atoms with Crippen molar-refractivity contribution < 1.29 is 13.6 Å². The van der Waals surface area contributed by atoms with Crippen molar-refractivity contribution in [1.82, 2.24) is 0 Å². The molecule has 0 aromatic carbocycles. The van der Waals surface area contributed by atoms with Gasteiger partial charge in [-0.1, -0.05) is 194 Å². The van der Waals surface area contributed by atoms with Gasteiger partial charge in [0, 0.05) is 0 Å². The van der Waals surface area contributed by atoms with Gasteiger partial charge in [-0.2, -0.15) is 0 Å². The SMILES string of the molecule is CCCCCCCCCCCCCCCCCC(N)O[PH](=O)OC(N)CCCCCCCCCCCCCCCCC. The van der Waals surface area contributed by atoms with E-state index in [2.05, 4.69) is 13.8 Å². The molecule has 5 nitrogen and oxygen atoms in total. The Hall–Kier alpha value is 0.0700. The highest BCUT2D eigenvalue weighted by Gasteiger charge is 2.12.